The molecule has 0 aromatic heterocycles. The van der Waals surface area contributed by atoms with E-state index in [4.69, 9.17) is 0 Å². The molecule has 2 aliphatic rings. The molecule has 1 amide bonds. The molecule has 2 N–H and O–H groups in total. The number of carbonyl (C=O) groups is 1. The van der Waals surface area contributed by atoms with Gasteiger partial charge < -0.3 is 10.6 Å². The first kappa shape index (κ1) is 12.5. The second kappa shape index (κ2) is 5.64. The van der Waals surface area contributed by atoms with Crippen LogP contribution in [0, 0.1) is 11.8 Å². The highest BCUT2D eigenvalue weighted by atomic mass is 16.1. The topological polar surface area (TPSA) is 41.1 Å². The van der Waals surface area contributed by atoms with Gasteiger partial charge >= 0.3 is 0 Å². The number of hydrogen-bond acceptors (Lipinski definition) is 2. The van der Waals surface area contributed by atoms with Crippen LogP contribution in [0.2, 0.25) is 0 Å². The second-order valence-electron chi connectivity index (χ2n) is 5.81. The van der Waals surface area contributed by atoms with Gasteiger partial charge in [0.1, 0.15) is 0 Å². The summed E-state index contributed by atoms with van der Waals surface area (Å²) in [7, 11) is 0. The van der Waals surface area contributed by atoms with E-state index >= 15 is 0 Å². The van der Waals surface area contributed by atoms with Gasteiger partial charge in [-0.2, -0.15) is 0 Å². The Labute approximate surface area is 114 Å². The van der Waals surface area contributed by atoms with Crippen LogP contribution in [0.5, 0.6) is 0 Å². The van der Waals surface area contributed by atoms with Gasteiger partial charge in [-0.05, 0) is 49.7 Å². The molecule has 0 radical (unpaired) electrons. The summed E-state index contributed by atoms with van der Waals surface area (Å²) < 4.78 is 0. The molecule has 19 heavy (non-hydrogen) atoms. The highest BCUT2D eigenvalue weighted by Crippen LogP contribution is 2.44. The molecule has 1 aromatic rings. The first-order valence-corrected chi connectivity index (χ1v) is 7.41. The lowest BCUT2D eigenvalue weighted by molar-refractivity contribution is -0.121. The van der Waals surface area contributed by atoms with Crippen molar-refractivity contribution in [3.8, 4) is 0 Å². The van der Waals surface area contributed by atoms with Crippen LogP contribution in [0.25, 0.3) is 0 Å². The van der Waals surface area contributed by atoms with Crippen molar-refractivity contribution < 1.29 is 4.79 Å². The summed E-state index contributed by atoms with van der Waals surface area (Å²) in [6, 6.07) is 10.5. The van der Waals surface area contributed by atoms with E-state index in [1.54, 1.807) is 0 Å². The maximum atomic E-state index is 12.0. The van der Waals surface area contributed by atoms with Gasteiger partial charge in [-0.25, -0.2) is 0 Å². The van der Waals surface area contributed by atoms with Gasteiger partial charge in [-0.3, -0.25) is 4.79 Å². The Morgan fingerprint density at radius 2 is 1.74 bits per heavy atom. The van der Waals surface area contributed by atoms with Crippen molar-refractivity contribution in [3.63, 3.8) is 0 Å². The predicted molar refractivity (Wildman–Crippen MR) is 76.9 cm³/mol. The third-order valence-electron chi connectivity index (χ3n) is 4.04. The van der Waals surface area contributed by atoms with Crippen molar-refractivity contribution in [2.45, 2.75) is 38.1 Å². The van der Waals surface area contributed by atoms with E-state index in [1.807, 2.05) is 30.3 Å². The van der Waals surface area contributed by atoms with Crippen LogP contribution in [-0.2, 0) is 4.79 Å². The predicted octanol–water partition coefficient (Wildman–Crippen LogP) is 2.79. The molecule has 3 heteroatoms. The highest BCUT2D eigenvalue weighted by Gasteiger charge is 2.41. The average Bonchev–Trinajstić information content (AvgIpc) is 3.30. The van der Waals surface area contributed by atoms with Crippen LogP contribution in [0.15, 0.2) is 30.3 Å². The van der Waals surface area contributed by atoms with Crippen molar-refractivity contribution in [2.75, 3.05) is 11.9 Å². The lowest BCUT2D eigenvalue weighted by Gasteiger charge is -2.17. The smallest absolute Gasteiger partial charge is 0.222 e. The Bertz CT molecular complexity index is 412. The quantitative estimate of drug-likeness (QED) is 0.789. The fourth-order valence-corrected chi connectivity index (χ4v) is 2.67. The second-order valence-corrected chi connectivity index (χ2v) is 5.81. The number of benzene rings is 1. The Morgan fingerprint density at radius 1 is 1.11 bits per heavy atom. The monoisotopic (exact) mass is 258 g/mol. The van der Waals surface area contributed by atoms with Crippen molar-refractivity contribution >= 4 is 11.6 Å². The van der Waals surface area contributed by atoms with Crippen LogP contribution in [0.4, 0.5) is 5.69 Å². The maximum absolute atomic E-state index is 12.0. The molecule has 1 aromatic carbocycles. The number of carbonyl (C=O) groups excluding carboxylic acids is 1. The molecule has 0 atom stereocenters. The van der Waals surface area contributed by atoms with Gasteiger partial charge in [0.25, 0.3) is 0 Å². The molecule has 102 valence electrons. The zero-order valence-electron chi connectivity index (χ0n) is 11.3. The van der Waals surface area contributed by atoms with E-state index in [2.05, 4.69) is 10.6 Å². The van der Waals surface area contributed by atoms with E-state index in [1.165, 1.54) is 25.7 Å². The van der Waals surface area contributed by atoms with Crippen molar-refractivity contribution in [3.05, 3.63) is 30.3 Å². The summed E-state index contributed by atoms with van der Waals surface area (Å²) >= 11 is 0. The van der Waals surface area contributed by atoms with Crippen LogP contribution in [0.1, 0.15) is 32.1 Å². The number of hydrogen-bond donors (Lipinski definition) is 2. The molecule has 0 saturated heterocycles. The third-order valence-corrected chi connectivity index (χ3v) is 4.04. The summed E-state index contributed by atoms with van der Waals surface area (Å²) in [5, 5.41) is 6.53. The molecule has 0 unspecified atom stereocenters. The van der Waals surface area contributed by atoms with Crippen molar-refractivity contribution in [2.24, 2.45) is 11.8 Å². The lowest BCUT2D eigenvalue weighted by atomic mass is 10.1. The van der Waals surface area contributed by atoms with Gasteiger partial charge in [0.05, 0.1) is 0 Å². The highest BCUT2D eigenvalue weighted by molar-refractivity contribution is 5.77. The number of amides is 1. The minimum atomic E-state index is 0.201. The molecular formula is C16H22N2O. The van der Waals surface area contributed by atoms with E-state index in [0.717, 1.165) is 17.5 Å². The Hall–Kier alpha value is -1.51. The zero-order valence-corrected chi connectivity index (χ0v) is 11.3. The number of nitrogens with one attached hydrogen (secondary N) is 2. The first-order chi connectivity index (χ1) is 9.33. The fraction of sp³-hybridized carbons (Fsp3) is 0.562. The normalized spacial score (nSPS) is 18.4. The van der Waals surface area contributed by atoms with E-state index in [0.29, 0.717) is 19.0 Å². The molecule has 2 fully saturated rings. The van der Waals surface area contributed by atoms with E-state index in [-0.39, 0.29) is 5.91 Å². The van der Waals surface area contributed by atoms with Crippen LogP contribution < -0.4 is 10.6 Å². The summed E-state index contributed by atoms with van der Waals surface area (Å²) in [5.41, 5.74) is 1.08. The minimum absolute atomic E-state index is 0.201. The van der Waals surface area contributed by atoms with Gasteiger partial charge in [-0.1, -0.05) is 18.2 Å². The Balaban J connectivity index is 1.39. The molecular weight excluding hydrogens is 236 g/mol. The van der Waals surface area contributed by atoms with Gasteiger partial charge in [-0.15, -0.1) is 0 Å². The first-order valence-electron chi connectivity index (χ1n) is 7.41. The largest absolute Gasteiger partial charge is 0.385 e. The number of para-hydroxylation sites is 1. The van der Waals surface area contributed by atoms with E-state index in [9.17, 15) is 4.79 Å². The molecule has 0 aliphatic heterocycles. The molecule has 0 spiro atoms. The molecule has 0 heterocycles. The number of anilines is 1. The van der Waals surface area contributed by atoms with Crippen LogP contribution >= 0.6 is 0 Å². The number of rotatable bonds is 7. The summed E-state index contributed by atoms with van der Waals surface area (Å²) in [6.45, 7) is 0.706. The molecule has 3 nitrogen and oxygen atoms in total. The molecule has 2 saturated carbocycles. The van der Waals surface area contributed by atoms with Crippen LogP contribution in [0.3, 0.4) is 0 Å². The Morgan fingerprint density at radius 3 is 2.32 bits per heavy atom. The summed E-state index contributed by atoms with van der Waals surface area (Å²) in [5.74, 6) is 1.75. The minimum Gasteiger partial charge on any atom is -0.385 e. The molecule has 2 aliphatic carbocycles. The summed E-state index contributed by atoms with van der Waals surface area (Å²) in [4.78, 5) is 12.0. The SMILES string of the molecule is O=C(CCNc1ccccc1)NC(C1CC1)C1CC1. The van der Waals surface area contributed by atoms with E-state index < -0.39 is 0 Å². The van der Waals surface area contributed by atoms with Gasteiger partial charge in [0.2, 0.25) is 5.91 Å². The van der Waals surface area contributed by atoms with Gasteiger partial charge in [0, 0.05) is 24.7 Å². The zero-order chi connectivity index (χ0) is 13.1. The fourth-order valence-electron chi connectivity index (χ4n) is 2.67. The summed E-state index contributed by atoms with van der Waals surface area (Å²) in [6.07, 6.45) is 5.80. The lowest BCUT2D eigenvalue weighted by Crippen LogP contribution is -2.38. The van der Waals surface area contributed by atoms with Crippen LogP contribution in [-0.4, -0.2) is 18.5 Å². The molecule has 3 rings (SSSR count). The average molecular weight is 258 g/mol. The standard InChI is InChI=1S/C16H22N2O/c19-15(10-11-17-14-4-2-1-3-5-14)18-16(12-6-7-12)13-8-9-13/h1-5,12-13,16-17H,6-11H2,(H,18,19). The Kier molecular flexibility index (Phi) is 3.72. The maximum Gasteiger partial charge on any atom is 0.222 e. The molecule has 0 bridgehead atoms. The van der Waals surface area contributed by atoms with Gasteiger partial charge in [0.15, 0.2) is 0 Å². The third kappa shape index (κ3) is 3.72. The van der Waals surface area contributed by atoms with Crippen molar-refractivity contribution in [1.29, 1.82) is 0 Å². The van der Waals surface area contributed by atoms with Crippen molar-refractivity contribution in [1.82, 2.24) is 5.32 Å².